The number of benzene rings is 1. The van der Waals surface area contributed by atoms with Gasteiger partial charge in [0.15, 0.2) is 0 Å². The Morgan fingerprint density at radius 2 is 2.29 bits per heavy atom. The zero-order chi connectivity index (χ0) is 12.3. The average molecular weight is 231 g/mol. The number of hydrogen-bond donors (Lipinski definition) is 2. The van der Waals surface area contributed by atoms with Crippen molar-refractivity contribution >= 4 is 5.69 Å². The van der Waals surface area contributed by atoms with Crippen LogP contribution < -0.4 is 5.32 Å². The maximum atomic E-state index is 9.26. The van der Waals surface area contributed by atoms with Crippen molar-refractivity contribution in [2.45, 2.75) is 26.6 Å². The highest BCUT2D eigenvalue weighted by Gasteiger charge is 2.00. The minimum absolute atomic E-state index is 0.541. The van der Waals surface area contributed by atoms with Crippen molar-refractivity contribution in [3.05, 3.63) is 48.0 Å². The maximum absolute atomic E-state index is 9.26. The van der Waals surface area contributed by atoms with Gasteiger partial charge in [0.05, 0.1) is 12.0 Å². The van der Waals surface area contributed by atoms with Crippen LogP contribution in [0.1, 0.15) is 18.2 Å². The predicted octanol–water partition coefficient (Wildman–Crippen LogP) is 1.99. The summed E-state index contributed by atoms with van der Waals surface area (Å²) in [6.45, 7) is 4.46. The Morgan fingerprint density at radius 3 is 2.94 bits per heavy atom. The number of anilines is 1. The number of nitrogens with one attached hydrogen (secondary N) is 1. The van der Waals surface area contributed by atoms with Crippen LogP contribution in [0.4, 0.5) is 5.69 Å². The summed E-state index contributed by atoms with van der Waals surface area (Å²) in [4.78, 5) is 4.19. The first-order valence-corrected chi connectivity index (χ1v) is 5.65. The Bertz CT molecular complexity index is 491. The molecule has 0 fully saturated rings. The van der Waals surface area contributed by atoms with E-state index >= 15 is 0 Å². The van der Waals surface area contributed by atoms with Gasteiger partial charge in [-0.2, -0.15) is 0 Å². The number of aliphatic hydroxyl groups excluding tert-OH is 1. The standard InChI is InChI=1S/C13H17N3O/c1-10-7-16(9-14-10)8-12-4-3-5-13(6-12)15-11(2)17/h3-7,9,11,15,17H,8H2,1-2H3/t11-/m1/s1. The number of rotatable bonds is 4. The van der Waals surface area contributed by atoms with E-state index in [1.807, 2.05) is 42.2 Å². The van der Waals surface area contributed by atoms with Gasteiger partial charge in [0.2, 0.25) is 0 Å². The number of aliphatic hydroxyl groups is 1. The molecule has 0 amide bonds. The lowest BCUT2D eigenvalue weighted by atomic mass is 10.2. The first-order valence-electron chi connectivity index (χ1n) is 5.65. The van der Waals surface area contributed by atoms with E-state index in [4.69, 9.17) is 0 Å². The van der Waals surface area contributed by atoms with Crippen LogP contribution in [0.5, 0.6) is 0 Å². The van der Waals surface area contributed by atoms with E-state index in [-0.39, 0.29) is 0 Å². The summed E-state index contributed by atoms with van der Waals surface area (Å²) in [7, 11) is 0. The summed E-state index contributed by atoms with van der Waals surface area (Å²) in [6, 6.07) is 8.00. The van der Waals surface area contributed by atoms with E-state index in [1.54, 1.807) is 6.92 Å². The third-order valence-electron chi connectivity index (χ3n) is 2.43. The van der Waals surface area contributed by atoms with Gasteiger partial charge < -0.3 is 15.0 Å². The second-order valence-electron chi connectivity index (χ2n) is 4.21. The van der Waals surface area contributed by atoms with Crippen molar-refractivity contribution in [1.82, 2.24) is 9.55 Å². The second kappa shape index (κ2) is 5.01. The van der Waals surface area contributed by atoms with Gasteiger partial charge in [0.25, 0.3) is 0 Å². The van der Waals surface area contributed by atoms with Crippen LogP contribution in [0, 0.1) is 6.92 Å². The van der Waals surface area contributed by atoms with Crippen LogP contribution in [0.25, 0.3) is 0 Å². The molecule has 0 spiro atoms. The molecule has 0 bridgehead atoms. The van der Waals surface area contributed by atoms with E-state index in [1.165, 1.54) is 5.56 Å². The number of aromatic nitrogens is 2. The predicted molar refractivity (Wildman–Crippen MR) is 67.8 cm³/mol. The average Bonchev–Trinajstić information content (AvgIpc) is 2.63. The fraction of sp³-hybridized carbons (Fsp3) is 0.308. The third kappa shape index (κ3) is 3.32. The molecule has 1 heterocycles. The van der Waals surface area contributed by atoms with E-state index in [2.05, 4.69) is 16.4 Å². The molecular formula is C13H17N3O. The molecule has 2 aromatic rings. The van der Waals surface area contributed by atoms with Crippen molar-refractivity contribution < 1.29 is 5.11 Å². The lowest BCUT2D eigenvalue weighted by Gasteiger charge is -2.10. The second-order valence-corrected chi connectivity index (χ2v) is 4.21. The van der Waals surface area contributed by atoms with Crippen molar-refractivity contribution in [3.63, 3.8) is 0 Å². The Hall–Kier alpha value is -1.81. The molecule has 1 aromatic carbocycles. The van der Waals surface area contributed by atoms with Crippen LogP contribution in [0.3, 0.4) is 0 Å². The third-order valence-corrected chi connectivity index (χ3v) is 2.43. The molecule has 2 N–H and O–H groups in total. The lowest BCUT2D eigenvalue weighted by Crippen LogP contribution is -2.13. The van der Waals surface area contributed by atoms with Crippen LogP contribution in [0.15, 0.2) is 36.8 Å². The maximum Gasteiger partial charge on any atom is 0.121 e. The largest absolute Gasteiger partial charge is 0.374 e. The fourth-order valence-electron chi connectivity index (χ4n) is 1.77. The molecular weight excluding hydrogens is 214 g/mol. The molecule has 0 aliphatic rings. The lowest BCUT2D eigenvalue weighted by molar-refractivity contribution is 0.224. The summed E-state index contributed by atoms with van der Waals surface area (Å²) in [5.41, 5.74) is 3.12. The molecule has 90 valence electrons. The molecule has 1 aromatic heterocycles. The highest BCUT2D eigenvalue weighted by molar-refractivity contribution is 5.46. The van der Waals surface area contributed by atoms with E-state index in [9.17, 15) is 5.11 Å². The van der Waals surface area contributed by atoms with Crippen molar-refractivity contribution in [2.24, 2.45) is 0 Å². The van der Waals surface area contributed by atoms with Crippen LogP contribution >= 0.6 is 0 Å². The highest BCUT2D eigenvalue weighted by atomic mass is 16.3. The van der Waals surface area contributed by atoms with E-state index in [0.717, 1.165) is 17.9 Å². The van der Waals surface area contributed by atoms with Crippen molar-refractivity contribution in [2.75, 3.05) is 5.32 Å². The van der Waals surface area contributed by atoms with Crippen LogP contribution in [-0.4, -0.2) is 20.9 Å². The Labute approximate surface area is 101 Å². The van der Waals surface area contributed by atoms with Gasteiger partial charge in [-0.1, -0.05) is 12.1 Å². The Morgan fingerprint density at radius 1 is 1.47 bits per heavy atom. The number of hydrogen-bond acceptors (Lipinski definition) is 3. The summed E-state index contributed by atoms with van der Waals surface area (Å²) < 4.78 is 2.04. The monoisotopic (exact) mass is 231 g/mol. The minimum atomic E-state index is -0.541. The van der Waals surface area contributed by atoms with Gasteiger partial charge in [0.1, 0.15) is 6.23 Å². The van der Waals surface area contributed by atoms with Gasteiger partial charge in [-0.3, -0.25) is 0 Å². The van der Waals surface area contributed by atoms with Gasteiger partial charge in [-0.15, -0.1) is 0 Å². The zero-order valence-electron chi connectivity index (χ0n) is 10.1. The molecule has 0 saturated heterocycles. The molecule has 0 saturated carbocycles. The SMILES string of the molecule is Cc1cn(Cc2cccc(N[C@@H](C)O)c2)cn1. The first-order chi connectivity index (χ1) is 8.13. The van der Waals surface area contributed by atoms with Gasteiger partial charge in [-0.05, 0) is 31.5 Å². The molecule has 17 heavy (non-hydrogen) atoms. The molecule has 4 heteroatoms. The summed E-state index contributed by atoms with van der Waals surface area (Å²) in [5.74, 6) is 0. The first kappa shape index (κ1) is 11.7. The Kier molecular flexibility index (Phi) is 3.44. The van der Waals surface area contributed by atoms with E-state index < -0.39 is 6.23 Å². The van der Waals surface area contributed by atoms with Gasteiger partial charge in [0, 0.05) is 18.4 Å². The smallest absolute Gasteiger partial charge is 0.121 e. The van der Waals surface area contributed by atoms with Gasteiger partial charge in [-0.25, -0.2) is 4.98 Å². The molecule has 1 atom stereocenters. The topological polar surface area (TPSA) is 50.1 Å². The molecule has 0 radical (unpaired) electrons. The summed E-state index contributed by atoms with van der Waals surface area (Å²) in [6.07, 6.45) is 3.29. The van der Waals surface area contributed by atoms with Gasteiger partial charge >= 0.3 is 0 Å². The Balaban J connectivity index is 2.10. The number of imidazole rings is 1. The normalized spacial score (nSPS) is 12.4. The summed E-state index contributed by atoms with van der Waals surface area (Å²) in [5, 5.41) is 12.2. The number of aryl methyl sites for hydroxylation is 1. The van der Waals surface area contributed by atoms with E-state index in [0.29, 0.717) is 0 Å². The zero-order valence-corrected chi connectivity index (χ0v) is 10.1. The molecule has 4 nitrogen and oxygen atoms in total. The minimum Gasteiger partial charge on any atom is -0.374 e. The number of nitrogens with zero attached hydrogens (tertiary/aromatic N) is 2. The van der Waals surface area contributed by atoms with Crippen molar-refractivity contribution in [3.8, 4) is 0 Å². The molecule has 2 rings (SSSR count). The van der Waals surface area contributed by atoms with Crippen LogP contribution in [-0.2, 0) is 6.54 Å². The quantitative estimate of drug-likeness (QED) is 0.791. The van der Waals surface area contributed by atoms with Crippen LogP contribution in [0.2, 0.25) is 0 Å². The molecule has 0 aliphatic carbocycles. The molecule has 0 unspecified atom stereocenters. The summed E-state index contributed by atoms with van der Waals surface area (Å²) >= 11 is 0. The fourth-order valence-corrected chi connectivity index (χ4v) is 1.77. The molecule has 0 aliphatic heterocycles. The highest BCUT2D eigenvalue weighted by Crippen LogP contribution is 2.12. The van der Waals surface area contributed by atoms with Crippen molar-refractivity contribution in [1.29, 1.82) is 0 Å².